The third-order valence-electron chi connectivity index (χ3n) is 3.00. The van der Waals surface area contributed by atoms with E-state index in [4.69, 9.17) is 27.9 Å². The lowest BCUT2D eigenvalue weighted by molar-refractivity contribution is 0.220. The zero-order valence-electron chi connectivity index (χ0n) is 10.7. The fourth-order valence-corrected chi connectivity index (χ4v) is 2.31. The van der Waals surface area contributed by atoms with Crippen LogP contribution in [0.4, 0.5) is 0 Å². The van der Waals surface area contributed by atoms with Crippen molar-refractivity contribution in [3.05, 3.63) is 63.1 Å². The first-order valence-electron chi connectivity index (χ1n) is 5.80. The van der Waals surface area contributed by atoms with Crippen LogP contribution in [0.15, 0.2) is 36.4 Å². The predicted octanol–water partition coefficient (Wildman–Crippen LogP) is 4.39. The number of benzene rings is 2. The van der Waals surface area contributed by atoms with Crippen molar-refractivity contribution in [3.63, 3.8) is 0 Å². The van der Waals surface area contributed by atoms with Gasteiger partial charge in [0.1, 0.15) is 11.9 Å². The molecule has 0 saturated carbocycles. The Morgan fingerprint density at radius 1 is 1.11 bits per heavy atom. The van der Waals surface area contributed by atoms with Gasteiger partial charge in [0.15, 0.2) is 0 Å². The molecule has 4 heteroatoms. The number of aliphatic hydroxyl groups is 1. The SMILES string of the molecule is COc1cc(C(O)c2cc(Cl)ccc2Cl)ccc1C. The summed E-state index contributed by atoms with van der Waals surface area (Å²) in [6, 6.07) is 10.6. The molecular weight excluding hydrogens is 283 g/mol. The first-order chi connectivity index (χ1) is 9.02. The zero-order chi connectivity index (χ0) is 14.0. The van der Waals surface area contributed by atoms with E-state index in [-0.39, 0.29) is 0 Å². The van der Waals surface area contributed by atoms with Gasteiger partial charge in [-0.25, -0.2) is 0 Å². The second-order valence-electron chi connectivity index (χ2n) is 4.30. The number of aryl methyl sites for hydroxylation is 1. The molecule has 0 aliphatic heterocycles. The minimum absolute atomic E-state index is 0.483. The lowest BCUT2D eigenvalue weighted by Gasteiger charge is -2.15. The number of methoxy groups -OCH3 is 1. The van der Waals surface area contributed by atoms with Crippen molar-refractivity contribution in [1.82, 2.24) is 0 Å². The maximum Gasteiger partial charge on any atom is 0.122 e. The highest BCUT2D eigenvalue weighted by molar-refractivity contribution is 6.33. The largest absolute Gasteiger partial charge is 0.496 e. The van der Waals surface area contributed by atoms with Crippen LogP contribution in [-0.4, -0.2) is 12.2 Å². The van der Waals surface area contributed by atoms with E-state index in [0.717, 1.165) is 11.3 Å². The van der Waals surface area contributed by atoms with E-state index in [1.807, 2.05) is 19.1 Å². The zero-order valence-corrected chi connectivity index (χ0v) is 12.2. The summed E-state index contributed by atoms with van der Waals surface area (Å²) in [7, 11) is 1.60. The molecular formula is C15H14Cl2O2. The van der Waals surface area contributed by atoms with Crippen molar-refractivity contribution in [2.24, 2.45) is 0 Å². The van der Waals surface area contributed by atoms with Gasteiger partial charge in [-0.1, -0.05) is 35.3 Å². The summed E-state index contributed by atoms with van der Waals surface area (Å²) in [6.07, 6.45) is -0.833. The van der Waals surface area contributed by atoms with Crippen molar-refractivity contribution in [3.8, 4) is 5.75 Å². The maximum atomic E-state index is 10.4. The molecule has 0 amide bonds. The van der Waals surface area contributed by atoms with Gasteiger partial charge in [0.05, 0.1) is 7.11 Å². The number of aliphatic hydroxyl groups excluding tert-OH is 1. The summed E-state index contributed by atoms with van der Waals surface area (Å²) in [4.78, 5) is 0. The Morgan fingerprint density at radius 3 is 2.53 bits per heavy atom. The third kappa shape index (κ3) is 3.03. The highest BCUT2D eigenvalue weighted by Gasteiger charge is 2.15. The Morgan fingerprint density at radius 2 is 1.84 bits per heavy atom. The molecule has 0 spiro atoms. The van der Waals surface area contributed by atoms with Gasteiger partial charge in [-0.2, -0.15) is 0 Å². The normalized spacial score (nSPS) is 12.3. The molecule has 0 heterocycles. The van der Waals surface area contributed by atoms with Gasteiger partial charge in [-0.3, -0.25) is 0 Å². The van der Waals surface area contributed by atoms with Crippen molar-refractivity contribution in [2.45, 2.75) is 13.0 Å². The van der Waals surface area contributed by atoms with Crippen LogP contribution in [0.5, 0.6) is 5.75 Å². The fourth-order valence-electron chi connectivity index (χ4n) is 1.91. The quantitative estimate of drug-likeness (QED) is 0.910. The molecule has 1 unspecified atom stereocenters. The standard InChI is InChI=1S/C15H14Cl2O2/c1-9-3-4-10(7-14(9)19-2)15(18)12-8-11(16)5-6-13(12)17/h3-8,15,18H,1-2H3. The molecule has 0 fully saturated rings. The van der Waals surface area contributed by atoms with E-state index in [1.54, 1.807) is 31.4 Å². The molecule has 0 aliphatic rings. The Labute approximate surface area is 122 Å². The molecule has 0 bridgehead atoms. The van der Waals surface area contributed by atoms with Crippen LogP contribution in [0.3, 0.4) is 0 Å². The van der Waals surface area contributed by atoms with Crippen LogP contribution < -0.4 is 4.74 Å². The summed E-state index contributed by atoms with van der Waals surface area (Å²) in [5, 5.41) is 11.4. The number of hydrogen-bond acceptors (Lipinski definition) is 2. The summed E-state index contributed by atoms with van der Waals surface area (Å²) >= 11 is 12.0. The molecule has 0 aliphatic carbocycles. The van der Waals surface area contributed by atoms with E-state index in [0.29, 0.717) is 21.2 Å². The Hall–Kier alpha value is -1.22. The van der Waals surface area contributed by atoms with Crippen LogP contribution >= 0.6 is 23.2 Å². The van der Waals surface area contributed by atoms with E-state index in [2.05, 4.69) is 0 Å². The average molecular weight is 297 g/mol. The number of hydrogen-bond donors (Lipinski definition) is 1. The lowest BCUT2D eigenvalue weighted by atomic mass is 10.00. The average Bonchev–Trinajstić information content (AvgIpc) is 2.41. The third-order valence-corrected chi connectivity index (χ3v) is 3.58. The molecule has 2 aromatic rings. The van der Waals surface area contributed by atoms with Crippen LogP contribution in [-0.2, 0) is 0 Å². The highest BCUT2D eigenvalue weighted by Crippen LogP contribution is 2.32. The van der Waals surface area contributed by atoms with Gasteiger partial charge in [0, 0.05) is 15.6 Å². The molecule has 0 aromatic heterocycles. The summed E-state index contributed by atoms with van der Waals surface area (Å²) in [6.45, 7) is 1.95. The van der Waals surface area contributed by atoms with Gasteiger partial charge in [-0.15, -0.1) is 0 Å². The molecule has 1 N–H and O–H groups in total. The van der Waals surface area contributed by atoms with Crippen LogP contribution in [0.2, 0.25) is 10.0 Å². The van der Waals surface area contributed by atoms with Gasteiger partial charge >= 0.3 is 0 Å². The molecule has 0 radical (unpaired) electrons. The topological polar surface area (TPSA) is 29.5 Å². The molecule has 2 rings (SSSR count). The van der Waals surface area contributed by atoms with E-state index in [1.165, 1.54) is 0 Å². The van der Waals surface area contributed by atoms with Gasteiger partial charge in [-0.05, 0) is 42.3 Å². The number of rotatable bonds is 3. The molecule has 100 valence electrons. The second kappa shape index (κ2) is 5.83. The summed E-state index contributed by atoms with van der Waals surface area (Å²) in [5.74, 6) is 0.731. The van der Waals surface area contributed by atoms with Crippen molar-refractivity contribution in [2.75, 3.05) is 7.11 Å². The first-order valence-corrected chi connectivity index (χ1v) is 6.56. The number of halogens is 2. The van der Waals surface area contributed by atoms with Crippen molar-refractivity contribution >= 4 is 23.2 Å². The Balaban J connectivity index is 2.43. The van der Waals surface area contributed by atoms with E-state index < -0.39 is 6.10 Å². The first kappa shape index (κ1) is 14.2. The number of ether oxygens (including phenoxy) is 1. The smallest absolute Gasteiger partial charge is 0.122 e. The molecule has 19 heavy (non-hydrogen) atoms. The predicted molar refractivity (Wildman–Crippen MR) is 78.3 cm³/mol. The minimum atomic E-state index is -0.833. The Bertz CT molecular complexity index is 597. The Kier molecular flexibility index (Phi) is 4.35. The minimum Gasteiger partial charge on any atom is -0.496 e. The second-order valence-corrected chi connectivity index (χ2v) is 5.14. The molecule has 2 aromatic carbocycles. The monoisotopic (exact) mass is 296 g/mol. The van der Waals surface area contributed by atoms with Crippen LogP contribution in [0, 0.1) is 6.92 Å². The van der Waals surface area contributed by atoms with Gasteiger partial charge in [0.2, 0.25) is 0 Å². The summed E-state index contributed by atoms with van der Waals surface area (Å²) in [5.41, 5.74) is 2.31. The van der Waals surface area contributed by atoms with E-state index in [9.17, 15) is 5.11 Å². The summed E-state index contributed by atoms with van der Waals surface area (Å²) < 4.78 is 5.26. The fraction of sp³-hybridized carbons (Fsp3) is 0.200. The highest BCUT2D eigenvalue weighted by atomic mass is 35.5. The van der Waals surface area contributed by atoms with Crippen molar-refractivity contribution in [1.29, 1.82) is 0 Å². The van der Waals surface area contributed by atoms with Crippen molar-refractivity contribution < 1.29 is 9.84 Å². The van der Waals surface area contributed by atoms with Gasteiger partial charge in [0.25, 0.3) is 0 Å². The van der Waals surface area contributed by atoms with E-state index >= 15 is 0 Å². The lowest BCUT2D eigenvalue weighted by Crippen LogP contribution is -2.01. The van der Waals surface area contributed by atoms with Crippen LogP contribution in [0.1, 0.15) is 22.8 Å². The molecule has 1 atom stereocenters. The molecule has 2 nitrogen and oxygen atoms in total. The van der Waals surface area contributed by atoms with Gasteiger partial charge < -0.3 is 9.84 Å². The maximum absolute atomic E-state index is 10.4. The molecule has 0 saturated heterocycles. The van der Waals surface area contributed by atoms with Crippen LogP contribution in [0.25, 0.3) is 0 Å².